The zero-order valence-electron chi connectivity index (χ0n) is 15.4. The Kier molecular flexibility index (Phi) is 4.25. The van der Waals surface area contributed by atoms with Crippen molar-refractivity contribution in [1.82, 2.24) is 25.2 Å². The molecule has 1 aromatic carbocycles. The summed E-state index contributed by atoms with van der Waals surface area (Å²) < 4.78 is 6.32. The summed E-state index contributed by atoms with van der Waals surface area (Å²) in [6.07, 6.45) is 3.44. The molecule has 27 heavy (non-hydrogen) atoms. The molecule has 0 bridgehead atoms. The van der Waals surface area contributed by atoms with Gasteiger partial charge in [0.2, 0.25) is 11.8 Å². The first-order chi connectivity index (χ1) is 13.0. The second-order valence-corrected chi connectivity index (χ2v) is 7.07. The van der Waals surface area contributed by atoms with Gasteiger partial charge in [-0.3, -0.25) is 9.59 Å². The van der Waals surface area contributed by atoms with E-state index >= 15 is 0 Å². The molecule has 4 rings (SSSR count). The van der Waals surface area contributed by atoms with Crippen molar-refractivity contribution in [3.63, 3.8) is 0 Å². The fraction of sp³-hybridized carbons (Fsp3) is 0.421. The molecule has 0 radical (unpaired) electrons. The lowest BCUT2D eigenvalue weighted by Gasteiger charge is -2.26. The Morgan fingerprint density at radius 1 is 1.22 bits per heavy atom. The van der Waals surface area contributed by atoms with E-state index in [4.69, 9.17) is 4.52 Å². The summed E-state index contributed by atoms with van der Waals surface area (Å²) in [7, 11) is 0. The van der Waals surface area contributed by atoms with Gasteiger partial charge in [0.15, 0.2) is 5.82 Å². The van der Waals surface area contributed by atoms with Crippen molar-refractivity contribution in [2.45, 2.75) is 51.6 Å². The number of benzene rings is 1. The highest BCUT2D eigenvalue weighted by Gasteiger charge is 2.41. The molecule has 1 aliphatic rings. The van der Waals surface area contributed by atoms with Crippen LogP contribution in [0, 0.1) is 13.8 Å². The van der Waals surface area contributed by atoms with Gasteiger partial charge >= 0.3 is 0 Å². The van der Waals surface area contributed by atoms with E-state index in [1.807, 2.05) is 19.1 Å². The molecule has 3 aromatic rings. The predicted octanol–water partition coefficient (Wildman–Crippen LogP) is 1.98. The lowest BCUT2D eigenvalue weighted by atomic mass is 9.96. The van der Waals surface area contributed by atoms with Gasteiger partial charge in [0.1, 0.15) is 12.1 Å². The topological polar surface area (TPSA) is 103 Å². The van der Waals surface area contributed by atoms with Crippen LogP contribution >= 0.6 is 0 Å². The normalized spacial score (nSPS) is 15.9. The number of nitrogens with zero attached hydrogens (tertiary/aromatic N) is 4. The van der Waals surface area contributed by atoms with Gasteiger partial charge in [0, 0.05) is 12.3 Å². The SMILES string of the molecule is Cc1nc(C2(NC(=O)Cn3nc(C)c4ccccc4c3=O)CCCC2)no1. The highest BCUT2D eigenvalue weighted by Crippen LogP contribution is 2.37. The fourth-order valence-electron chi connectivity index (χ4n) is 3.83. The molecule has 0 aliphatic heterocycles. The number of rotatable bonds is 4. The Labute approximate surface area is 155 Å². The number of hydrogen-bond acceptors (Lipinski definition) is 6. The lowest BCUT2D eigenvalue weighted by Crippen LogP contribution is -2.47. The zero-order chi connectivity index (χ0) is 19.0. The first kappa shape index (κ1) is 17.4. The average Bonchev–Trinajstić information content (AvgIpc) is 3.29. The number of nitrogens with one attached hydrogen (secondary N) is 1. The van der Waals surface area contributed by atoms with Gasteiger partial charge in [-0.05, 0) is 25.8 Å². The molecule has 1 N–H and O–H groups in total. The summed E-state index contributed by atoms with van der Waals surface area (Å²) in [5.74, 6) is 0.679. The Balaban J connectivity index is 1.62. The predicted molar refractivity (Wildman–Crippen MR) is 98.1 cm³/mol. The van der Waals surface area contributed by atoms with Crippen LogP contribution in [-0.2, 0) is 16.9 Å². The van der Waals surface area contributed by atoms with Crippen molar-refractivity contribution < 1.29 is 9.32 Å². The molecule has 0 saturated heterocycles. The largest absolute Gasteiger partial charge is 0.342 e. The smallest absolute Gasteiger partial charge is 0.275 e. The summed E-state index contributed by atoms with van der Waals surface area (Å²) in [6.45, 7) is 3.40. The van der Waals surface area contributed by atoms with Crippen LogP contribution in [0.3, 0.4) is 0 Å². The molecule has 0 spiro atoms. The summed E-state index contributed by atoms with van der Waals surface area (Å²) in [5, 5.41) is 12.7. The van der Waals surface area contributed by atoms with Crippen LogP contribution in [0.5, 0.6) is 0 Å². The number of hydrogen-bond donors (Lipinski definition) is 1. The maximum Gasteiger partial charge on any atom is 0.275 e. The van der Waals surface area contributed by atoms with Gasteiger partial charge in [-0.1, -0.05) is 36.2 Å². The van der Waals surface area contributed by atoms with Crippen molar-refractivity contribution >= 4 is 16.7 Å². The number of fused-ring (bicyclic) bond motifs is 1. The minimum absolute atomic E-state index is 0.150. The van der Waals surface area contributed by atoms with E-state index in [0.717, 1.165) is 31.1 Å². The first-order valence-corrected chi connectivity index (χ1v) is 9.07. The van der Waals surface area contributed by atoms with E-state index < -0.39 is 5.54 Å². The van der Waals surface area contributed by atoms with Gasteiger partial charge in [0.05, 0.1) is 11.1 Å². The second kappa shape index (κ2) is 6.61. The molecule has 1 aliphatic carbocycles. The molecule has 8 nitrogen and oxygen atoms in total. The van der Waals surface area contributed by atoms with Crippen molar-refractivity contribution in [1.29, 1.82) is 0 Å². The van der Waals surface area contributed by atoms with Crippen LogP contribution in [0.2, 0.25) is 0 Å². The van der Waals surface area contributed by atoms with Gasteiger partial charge in [-0.25, -0.2) is 4.68 Å². The van der Waals surface area contributed by atoms with E-state index in [1.54, 1.807) is 19.1 Å². The molecular formula is C19H21N5O3. The molecule has 8 heteroatoms. The highest BCUT2D eigenvalue weighted by atomic mass is 16.5. The maximum absolute atomic E-state index is 12.8. The molecule has 1 fully saturated rings. The maximum atomic E-state index is 12.8. The Morgan fingerprint density at radius 3 is 2.59 bits per heavy atom. The van der Waals surface area contributed by atoms with E-state index in [-0.39, 0.29) is 18.0 Å². The van der Waals surface area contributed by atoms with Gasteiger partial charge < -0.3 is 9.84 Å². The summed E-state index contributed by atoms with van der Waals surface area (Å²) in [6, 6.07) is 7.28. The average molecular weight is 367 g/mol. The summed E-state index contributed by atoms with van der Waals surface area (Å²) in [5.41, 5.74) is -0.200. The van der Waals surface area contributed by atoms with Crippen LogP contribution in [0.1, 0.15) is 43.1 Å². The van der Waals surface area contributed by atoms with Crippen LogP contribution in [-0.4, -0.2) is 25.8 Å². The Morgan fingerprint density at radius 2 is 1.93 bits per heavy atom. The van der Waals surface area contributed by atoms with Crippen molar-refractivity contribution in [2.24, 2.45) is 0 Å². The van der Waals surface area contributed by atoms with Crippen LogP contribution < -0.4 is 10.9 Å². The van der Waals surface area contributed by atoms with Crippen LogP contribution in [0.4, 0.5) is 0 Å². The monoisotopic (exact) mass is 367 g/mol. The summed E-state index contributed by atoms with van der Waals surface area (Å²) in [4.78, 5) is 29.8. The number of amides is 1. The lowest BCUT2D eigenvalue weighted by molar-refractivity contribution is -0.124. The molecule has 140 valence electrons. The number of aromatic nitrogens is 4. The molecule has 1 amide bonds. The van der Waals surface area contributed by atoms with E-state index in [9.17, 15) is 9.59 Å². The van der Waals surface area contributed by atoms with Gasteiger partial charge in [-0.2, -0.15) is 10.1 Å². The third-order valence-electron chi connectivity index (χ3n) is 5.14. The second-order valence-electron chi connectivity index (χ2n) is 7.07. The minimum Gasteiger partial charge on any atom is -0.342 e. The molecule has 2 heterocycles. The van der Waals surface area contributed by atoms with Crippen molar-refractivity contribution in [3.8, 4) is 0 Å². The quantitative estimate of drug-likeness (QED) is 0.756. The van der Waals surface area contributed by atoms with Crippen LogP contribution in [0.25, 0.3) is 10.8 Å². The summed E-state index contributed by atoms with van der Waals surface area (Å²) >= 11 is 0. The fourth-order valence-corrected chi connectivity index (χ4v) is 3.83. The van der Waals surface area contributed by atoms with Crippen molar-refractivity contribution in [3.05, 3.63) is 52.0 Å². The van der Waals surface area contributed by atoms with E-state index in [0.29, 0.717) is 22.8 Å². The first-order valence-electron chi connectivity index (χ1n) is 9.07. The van der Waals surface area contributed by atoms with E-state index in [1.165, 1.54) is 4.68 Å². The minimum atomic E-state index is -0.635. The Bertz CT molecular complexity index is 1060. The van der Waals surface area contributed by atoms with Crippen LogP contribution in [0.15, 0.2) is 33.6 Å². The Hall–Kier alpha value is -3.03. The molecule has 0 unspecified atom stereocenters. The highest BCUT2D eigenvalue weighted by molar-refractivity contribution is 5.83. The number of carbonyl (C=O) groups is 1. The van der Waals surface area contributed by atoms with Gasteiger partial charge in [-0.15, -0.1) is 0 Å². The number of aryl methyl sites for hydroxylation is 2. The van der Waals surface area contributed by atoms with Gasteiger partial charge in [0.25, 0.3) is 5.56 Å². The molecular weight excluding hydrogens is 346 g/mol. The number of carbonyl (C=O) groups excluding carboxylic acids is 1. The molecule has 0 atom stereocenters. The third-order valence-corrected chi connectivity index (χ3v) is 5.14. The molecule has 1 saturated carbocycles. The standard InChI is InChI=1S/C19H21N5O3/c1-12-14-7-3-4-8-15(14)17(26)24(22-12)11-16(25)21-19(9-5-6-10-19)18-20-13(2)27-23-18/h3-4,7-8H,5-6,9-11H2,1-2H3,(H,21,25). The third kappa shape index (κ3) is 3.11. The molecule has 2 aromatic heterocycles. The zero-order valence-corrected chi connectivity index (χ0v) is 15.4. The van der Waals surface area contributed by atoms with E-state index in [2.05, 4.69) is 20.6 Å². The van der Waals surface area contributed by atoms with Crippen molar-refractivity contribution in [2.75, 3.05) is 0 Å².